The molecule has 0 radical (unpaired) electrons. The van der Waals surface area contributed by atoms with Crippen LogP contribution in [0.15, 0.2) is 158 Å². The highest BCUT2D eigenvalue weighted by Crippen LogP contribution is 2.39. The van der Waals surface area contributed by atoms with Crippen molar-refractivity contribution in [2.75, 3.05) is 6.54 Å². The number of nitrogens with one attached hydrogen (secondary N) is 1. The number of hydrogen-bond acceptors (Lipinski definition) is 4. The van der Waals surface area contributed by atoms with Gasteiger partial charge in [-0.1, -0.05) is 66.7 Å². The summed E-state index contributed by atoms with van der Waals surface area (Å²) in [6.07, 6.45) is 13.7. The molecular formula is C42H29N5. The standard InChI is InChI=1S/C42H29N5/c1-2-5-35(6-3-1)47-41-25-30(34-24-33(26-45-27-34)28-15-19-43-20-16-28)9-13-37(41)38-14-10-31-23-32(11-12-36(31)42(38)47)40-8-4-7-39(46-40)29-17-21-44-22-18-29/h1-21,23-27,44H,22H2. The maximum absolute atomic E-state index is 5.04. The van der Waals surface area contributed by atoms with Crippen LogP contribution in [-0.4, -0.2) is 26.1 Å². The van der Waals surface area contributed by atoms with Crippen LogP contribution in [0.2, 0.25) is 0 Å². The molecule has 4 aromatic heterocycles. The fourth-order valence-corrected chi connectivity index (χ4v) is 6.72. The number of fused-ring (bicyclic) bond motifs is 5. The summed E-state index contributed by atoms with van der Waals surface area (Å²) in [6, 6.07) is 41.2. The van der Waals surface area contributed by atoms with Crippen molar-refractivity contribution in [2.24, 2.45) is 0 Å². The number of allylic oxidation sites excluding steroid dienone is 2. The van der Waals surface area contributed by atoms with Gasteiger partial charge in [0.2, 0.25) is 0 Å². The number of aromatic nitrogens is 4. The molecule has 4 aromatic carbocycles. The summed E-state index contributed by atoms with van der Waals surface area (Å²) >= 11 is 0. The average molecular weight is 604 g/mol. The van der Waals surface area contributed by atoms with Crippen molar-refractivity contribution >= 4 is 38.2 Å². The van der Waals surface area contributed by atoms with Crippen LogP contribution in [0.4, 0.5) is 0 Å². The zero-order valence-electron chi connectivity index (χ0n) is 25.5. The van der Waals surface area contributed by atoms with E-state index in [4.69, 9.17) is 4.98 Å². The quantitative estimate of drug-likeness (QED) is 0.213. The normalized spacial score (nSPS) is 12.8. The third-order valence-electron chi connectivity index (χ3n) is 9.00. The van der Waals surface area contributed by atoms with Crippen molar-refractivity contribution in [1.82, 2.24) is 24.8 Å². The van der Waals surface area contributed by atoms with Crippen molar-refractivity contribution in [2.45, 2.75) is 0 Å². The predicted molar refractivity (Wildman–Crippen MR) is 193 cm³/mol. The van der Waals surface area contributed by atoms with Gasteiger partial charge in [-0.3, -0.25) is 9.97 Å². The molecule has 222 valence electrons. The van der Waals surface area contributed by atoms with E-state index >= 15 is 0 Å². The second-order valence-electron chi connectivity index (χ2n) is 11.8. The molecule has 0 amide bonds. The Labute approximate surface area is 272 Å². The highest BCUT2D eigenvalue weighted by Gasteiger charge is 2.17. The molecule has 5 heteroatoms. The molecule has 0 fully saturated rings. The lowest BCUT2D eigenvalue weighted by Crippen LogP contribution is -2.08. The van der Waals surface area contributed by atoms with Crippen molar-refractivity contribution in [1.29, 1.82) is 0 Å². The molecule has 9 rings (SSSR count). The number of pyridine rings is 3. The second-order valence-corrected chi connectivity index (χ2v) is 11.8. The third-order valence-corrected chi connectivity index (χ3v) is 9.00. The third kappa shape index (κ3) is 4.77. The Morgan fingerprint density at radius 3 is 2.21 bits per heavy atom. The Morgan fingerprint density at radius 2 is 1.36 bits per heavy atom. The van der Waals surface area contributed by atoms with Crippen molar-refractivity contribution in [3.63, 3.8) is 0 Å². The van der Waals surface area contributed by atoms with Gasteiger partial charge in [0.15, 0.2) is 0 Å². The van der Waals surface area contributed by atoms with Gasteiger partial charge in [-0.25, -0.2) is 4.98 Å². The molecular weight excluding hydrogens is 574 g/mol. The summed E-state index contributed by atoms with van der Waals surface area (Å²) in [7, 11) is 0. The number of dihydropyridines is 1. The molecule has 0 aliphatic carbocycles. The first kappa shape index (κ1) is 27.0. The van der Waals surface area contributed by atoms with E-state index in [-0.39, 0.29) is 0 Å². The van der Waals surface area contributed by atoms with E-state index in [0.29, 0.717) is 0 Å². The smallest absolute Gasteiger partial charge is 0.0709 e. The monoisotopic (exact) mass is 603 g/mol. The van der Waals surface area contributed by atoms with Gasteiger partial charge in [0.25, 0.3) is 0 Å². The number of hydrogen-bond donors (Lipinski definition) is 1. The van der Waals surface area contributed by atoms with Crippen LogP contribution in [0.25, 0.3) is 77.3 Å². The summed E-state index contributed by atoms with van der Waals surface area (Å²) in [6.45, 7) is 0.815. The van der Waals surface area contributed by atoms with Crippen molar-refractivity contribution in [3.05, 3.63) is 164 Å². The minimum Gasteiger partial charge on any atom is -0.387 e. The van der Waals surface area contributed by atoms with Gasteiger partial charge in [0, 0.05) is 69.9 Å². The zero-order chi connectivity index (χ0) is 31.2. The maximum Gasteiger partial charge on any atom is 0.0709 e. The maximum atomic E-state index is 5.04. The first-order chi connectivity index (χ1) is 23.3. The zero-order valence-corrected chi connectivity index (χ0v) is 25.5. The van der Waals surface area contributed by atoms with Crippen LogP contribution in [0, 0.1) is 0 Å². The van der Waals surface area contributed by atoms with Gasteiger partial charge in [0.05, 0.1) is 22.4 Å². The molecule has 0 saturated carbocycles. The van der Waals surface area contributed by atoms with Gasteiger partial charge in [-0.2, -0.15) is 0 Å². The average Bonchev–Trinajstić information content (AvgIpc) is 3.50. The molecule has 0 bridgehead atoms. The first-order valence-corrected chi connectivity index (χ1v) is 15.8. The topological polar surface area (TPSA) is 55.6 Å². The Bertz CT molecular complexity index is 2510. The fraction of sp³-hybridized carbons (Fsp3) is 0.0238. The lowest BCUT2D eigenvalue weighted by atomic mass is 10.00. The van der Waals surface area contributed by atoms with Crippen molar-refractivity contribution in [3.8, 4) is 39.2 Å². The minimum atomic E-state index is 0.815. The minimum absolute atomic E-state index is 0.815. The molecule has 0 saturated heterocycles. The number of benzene rings is 4. The van der Waals surface area contributed by atoms with Crippen LogP contribution in [0.5, 0.6) is 0 Å². The summed E-state index contributed by atoms with van der Waals surface area (Å²) in [5.74, 6) is 0. The summed E-state index contributed by atoms with van der Waals surface area (Å²) < 4.78 is 2.41. The molecule has 1 aliphatic rings. The molecule has 0 atom stereocenters. The van der Waals surface area contributed by atoms with Crippen LogP contribution in [0.3, 0.4) is 0 Å². The van der Waals surface area contributed by atoms with E-state index in [2.05, 4.69) is 135 Å². The van der Waals surface area contributed by atoms with Gasteiger partial charge >= 0.3 is 0 Å². The van der Waals surface area contributed by atoms with Crippen LogP contribution >= 0.6 is 0 Å². The van der Waals surface area contributed by atoms with Crippen LogP contribution < -0.4 is 5.32 Å². The van der Waals surface area contributed by atoms with Gasteiger partial charge in [-0.15, -0.1) is 0 Å². The Kier molecular flexibility index (Phi) is 6.46. The van der Waals surface area contributed by atoms with Crippen molar-refractivity contribution < 1.29 is 0 Å². The van der Waals surface area contributed by atoms with Crippen LogP contribution in [-0.2, 0) is 0 Å². The van der Waals surface area contributed by atoms with Gasteiger partial charge in [0.1, 0.15) is 0 Å². The van der Waals surface area contributed by atoms with E-state index < -0.39 is 0 Å². The molecule has 1 N–H and O–H groups in total. The molecule has 0 unspecified atom stereocenters. The Balaban J connectivity index is 1.22. The fourth-order valence-electron chi connectivity index (χ4n) is 6.72. The predicted octanol–water partition coefficient (Wildman–Crippen LogP) is 9.62. The highest BCUT2D eigenvalue weighted by molar-refractivity contribution is 6.19. The van der Waals surface area contributed by atoms with Gasteiger partial charge < -0.3 is 9.88 Å². The summed E-state index contributed by atoms with van der Waals surface area (Å²) in [4.78, 5) is 13.8. The second kappa shape index (κ2) is 11.2. The van der Waals surface area contributed by atoms with E-state index in [1.165, 1.54) is 27.1 Å². The summed E-state index contributed by atoms with van der Waals surface area (Å²) in [5, 5.41) is 8.04. The van der Waals surface area contributed by atoms with Gasteiger partial charge in [-0.05, 0) is 89.0 Å². The molecule has 47 heavy (non-hydrogen) atoms. The van der Waals surface area contributed by atoms with E-state index in [9.17, 15) is 0 Å². The number of rotatable bonds is 5. The lowest BCUT2D eigenvalue weighted by Gasteiger charge is -2.12. The highest BCUT2D eigenvalue weighted by atomic mass is 15.0. The molecule has 8 aromatic rings. The molecule has 5 heterocycles. The van der Waals surface area contributed by atoms with Crippen LogP contribution in [0.1, 0.15) is 5.69 Å². The number of nitrogens with zero attached hydrogens (tertiary/aromatic N) is 4. The largest absolute Gasteiger partial charge is 0.387 e. The van der Waals surface area contributed by atoms with E-state index in [0.717, 1.165) is 62.5 Å². The lowest BCUT2D eigenvalue weighted by molar-refractivity contribution is 0.974. The molecule has 5 nitrogen and oxygen atoms in total. The van der Waals surface area contributed by atoms with E-state index in [1.54, 1.807) is 0 Å². The Hall–Kier alpha value is -6.33. The van der Waals surface area contributed by atoms with E-state index in [1.807, 2.05) is 43.1 Å². The molecule has 1 aliphatic heterocycles. The summed E-state index contributed by atoms with van der Waals surface area (Å²) in [5.41, 5.74) is 12.0. The number of para-hydroxylation sites is 1. The Morgan fingerprint density at radius 1 is 0.574 bits per heavy atom. The molecule has 0 spiro atoms. The first-order valence-electron chi connectivity index (χ1n) is 15.8. The SMILES string of the molecule is C1=CC(c2cccc(-c3ccc4c(ccc5c6ccc(-c7cncc(-c8ccncc8)c7)cc6n(-c6ccccc6)c45)c3)n2)=CCN1.